The van der Waals surface area contributed by atoms with Gasteiger partial charge in [-0.1, -0.05) is 66.9 Å². The van der Waals surface area contributed by atoms with Crippen molar-refractivity contribution in [1.29, 1.82) is 0 Å². The van der Waals surface area contributed by atoms with Crippen LogP contribution in [0.5, 0.6) is 0 Å². The molecule has 0 aliphatic heterocycles. The lowest BCUT2D eigenvalue weighted by Gasteiger charge is -2.31. The summed E-state index contributed by atoms with van der Waals surface area (Å²) in [7, 11) is 0. The molecule has 2 rings (SSSR count). The fourth-order valence-electron chi connectivity index (χ4n) is 2.71. The van der Waals surface area contributed by atoms with Gasteiger partial charge in [0.25, 0.3) is 5.91 Å². The Hall–Kier alpha value is 0.0600. The first-order valence-corrected chi connectivity index (χ1v) is 9.66. The van der Waals surface area contributed by atoms with Gasteiger partial charge in [0.1, 0.15) is 12.4 Å². The van der Waals surface area contributed by atoms with E-state index < -0.39 is 15.9 Å². The topological polar surface area (TPSA) is 54.3 Å². The van der Waals surface area contributed by atoms with Crippen LogP contribution in [0.4, 0.5) is 0 Å². The Balaban J connectivity index is 2.00. The van der Waals surface area contributed by atoms with Crippen molar-refractivity contribution in [1.82, 2.24) is 10.6 Å². The van der Waals surface area contributed by atoms with Crippen molar-refractivity contribution in [2.24, 2.45) is 0 Å². The number of rotatable bonds is 4. The van der Waals surface area contributed by atoms with Crippen LogP contribution in [-0.2, 0) is 0 Å². The summed E-state index contributed by atoms with van der Waals surface area (Å²) in [6, 6.07) is 1.79. The lowest BCUT2D eigenvalue weighted by atomic mass is 9.96. The van der Waals surface area contributed by atoms with Crippen molar-refractivity contribution >= 4 is 56.6 Å². The molecular formula is C15H20BrCl3N2O2. The van der Waals surface area contributed by atoms with Crippen molar-refractivity contribution in [2.75, 3.05) is 0 Å². The molecule has 23 heavy (non-hydrogen) atoms. The zero-order valence-electron chi connectivity index (χ0n) is 12.6. The fraction of sp³-hybridized carbons (Fsp3) is 0.667. The van der Waals surface area contributed by atoms with E-state index in [-0.39, 0.29) is 11.8 Å². The maximum Gasteiger partial charge on any atom is 0.288 e. The Morgan fingerprint density at radius 2 is 1.83 bits per heavy atom. The van der Waals surface area contributed by atoms with Crippen LogP contribution in [0.15, 0.2) is 21.2 Å². The van der Waals surface area contributed by atoms with Crippen LogP contribution >= 0.6 is 50.7 Å². The van der Waals surface area contributed by atoms with E-state index in [4.69, 9.17) is 39.2 Å². The molecule has 1 aromatic heterocycles. The SMILES string of the molecule is O=C(NC(NC1CCCCCCC1)C(Cl)(Cl)Cl)c1cc(Br)co1. The maximum atomic E-state index is 12.2. The van der Waals surface area contributed by atoms with Gasteiger partial charge in [0.2, 0.25) is 3.79 Å². The molecule has 0 saturated heterocycles. The number of amides is 1. The summed E-state index contributed by atoms with van der Waals surface area (Å²) in [5.41, 5.74) is 0. The van der Waals surface area contributed by atoms with Gasteiger partial charge in [0.15, 0.2) is 5.76 Å². The number of hydrogen-bond donors (Lipinski definition) is 2. The molecular weight excluding hydrogens is 426 g/mol. The number of nitrogens with one attached hydrogen (secondary N) is 2. The first kappa shape index (κ1) is 19.4. The predicted octanol–water partition coefficient (Wildman–Crippen LogP) is 5.17. The number of carbonyl (C=O) groups is 1. The van der Waals surface area contributed by atoms with Gasteiger partial charge in [-0.2, -0.15) is 0 Å². The van der Waals surface area contributed by atoms with Gasteiger partial charge in [-0.25, -0.2) is 0 Å². The van der Waals surface area contributed by atoms with Gasteiger partial charge >= 0.3 is 0 Å². The molecule has 1 aliphatic rings. The van der Waals surface area contributed by atoms with E-state index in [1.807, 2.05) is 0 Å². The summed E-state index contributed by atoms with van der Waals surface area (Å²) in [4.78, 5) is 12.2. The highest BCUT2D eigenvalue weighted by molar-refractivity contribution is 9.10. The van der Waals surface area contributed by atoms with Gasteiger partial charge in [0.05, 0.1) is 4.47 Å². The van der Waals surface area contributed by atoms with Crippen LogP contribution in [0, 0.1) is 0 Å². The van der Waals surface area contributed by atoms with Gasteiger partial charge in [-0.15, -0.1) is 0 Å². The molecule has 0 radical (unpaired) electrons. The molecule has 4 nitrogen and oxygen atoms in total. The molecule has 0 aromatic carbocycles. The lowest BCUT2D eigenvalue weighted by Crippen LogP contribution is -2.56. The molecule has 0 spiro atoms. The van der Waals surface area contributed by atoms with Crippen molar-refractivity contribution in [2.45, 2.75) is 60.9 Å². The average molecular weight is 447 g/mol. The highest BCUT2D eigenvalue weighted by Gasteiger charge is 2.36. The number of hydrogen-bond acceptors (Lipinski definition) is 3. The standard InChI is InChI=1S/C15H20BrCl3N2O2/c16-10-8-12(23-9-10)13(22)21-14(15(17,18)19)20-11-6-4-2-1-3-5-7-11/h8-9,11,14,20H,1-7H2,(H,21,22). The molecule has 8 heteroatoms. The Bertz CT molecular complexity index is 511. The summed E-state index contributed by atoms with van der Waals surface area (Å²) >= 11 is 21.4. The second-order valence-corrected chi connectivity index (χ2v) is 9.07. The van der Waals surface area contributed by atoms with Crippen LogP contribution in [0.1, 0.15) is 55.5 Å². The van der Waals surface area contributed by atoms with Crippen LogP contribution in [0.2, 0.25) is 0 Å². The quantitative estimate of drug-likeness (QED) is 0.496. The Morgan fingerprint density at radius 1 is 1.22 bits per heavy atom. The van der Waals surface area contributed by atoms with E-state index in [9.17, 15) is 4.79 Å². The largest absolute Gasteiger partial charge is 0.458 e. The molecule has 130 valence electrons. The first-order valence-electron chi connectivity index (χ1n) is 7.74. The zero-order chi connectivity index (χ0) is 16.9. The average Bonchev–Trinajstić information content (AvgIpc) is 2.86. The third kappa shape index (κ3) is 6.46. The molecule has 1 aromatic rings. The highest BCUT2D eigenvalue weighted by atomic mass is 79.9. The van der Waals surface area contributed by atoms with Crippen molar-refractivity contribution < 1.29 is 9.21 Å². The van der Waals surface area contributed by atoms with Crippen molar-refractivity contribution in [3.05, 3.63) is 22.6 Å². The van der Waals surface area contributed by atoms with Gasteiger partial charge in [-0.3, -0.25) is 10.1 Å². The van der Waals surface area contributed by atoms with Gasteiger partial charge in [0, 0.05) is 12.1 Å². The van der Waals surface area contributed by atoms with Crippen molar-refractivity contribution in [3.63, 3.8) is 0 Å². The third-order valence-electron chi connectivity index (χ3n) is 3.90. The molecule has 1 aliphatic carbocycles. The Morgan fingerprint density at radius 3 is 2.35 bits per heavy atom. The van der Waals surface area contributed by atoms with E-state index >= 15 is 0 Å². The van der Waals surface area contributed by atoms with Gasteiger partial charge in [-0.05, 0) is 28.8 Å². The summed E-state index contributed by atoms with van der Waals surface area (Å²) in [5.74, 6) is -0.263. The fourth-order valence-corrected chi connectivity index (χ4v) is 3.36. The Labute approximate surface area is 159 Å². The van der Waals surface area contributed by atoms with Gasteiger partial charge < -0.3 is 9.73 Å². The molecule has 1 fully saturated rings. The van der Waals surface area contributed by atoms with Crippen LogP contribution in [0.25, 0.3) is 0 Å². The predicted molar refractivity (Wildman–Crippen MR) is 97.2 cm³/mol. The summed E-state index contributed by atoms with van der Waals surface area (Å²) in [6.45, 7) is 0. The summed E-state index contributed by atoms with van der Waals surface area (Å²) < 4.78 is 4.18. The monoisotopic (exact) mass is 444 g/mol. The minimum atomic E-state index is -1.65. The smallest absolute Gasteiger partial charge is 0.288 e. The van der Waals surface area contributed by atoms with Crippen molar-refractivity contribution in [3.8, 4) is 0 Å². The molecule has 1 heterocycles. The van der Waals surface area contributed by atoms with Crippen LogP contribution in [0.3, 0.4) is 0 Å². The molecule has 1 amide bonds. The molecule has 2 N–H and O–H groups in total. The summed E-state index contributed by atoms with van der Waals surface area (Å²) in [6.07, 6.45) is 8.69. The highest BCUT2D eigenvalue weighted by Crippen LogP contribution is 2.30. The maximum absolute atomic E-state index is 12.2. The molecule has 1 saturated carbocycles. The number of furan rings is 1. The van der Waals surface area contributed by atoms with E-state index in [0.717, 1.165) is 25.7 Å². The van der Waals surface area contributed by atoms with E-state index in [1.165, 1.54) is 25.5 Å². The van der Waals surface area contributed by atoms with Crippen LogP contribution in [-0.4, -0.2) is 21.9 Å². The second kappa shape index (κ2) is 8.95. The minimum absolute atomic E-state index is 0.163. The van der Waals surface area contributed by atoms with E-state index in [0.29, 0.717) is 4.47 Å². The number of carbonyl (C=O) groups excluding carboxylic acids is 1. The summed E-state index contributed by atoms with van der Waals surface area (Å²) in [5, 5.41) is 6.00. The third-order valence-corrected chi connectivity index (χ3v) is 4.97. The normalized spacial score (nSPS) is 19.0. The van der Waals surface area contributed by atoms with E-state index in [1.54, 1.807) is 6.07 Å². The van der Waals surface area contributed by atoms with Crippen LogP contribution < -0.4 is 10.6 Å². The first-order chi connectivity index (χ1) is 10.9. The molecule has 1 atom stereocenters. The number of alkyl halides is 3. The lowest BCUT2D eigenvalue weighted by molar-refractivity contribution is 0.0896. The Kier molecular flexibility index (Phi) is 7.55. The molecule has 0 bridgehead atoms. The van der Waals surface area contributed by atoms with E-state index in [2.05, 4.69) is 26.6 Å². The zero-order valence-corrected chi connectivity index (χ0v) is 16.4. The minimum Gasteiger partial charge on any atom is -0.458 e. The number of halogens is 4. The molecule has 1 unspecified atom stereocenters. The second-order valence-electron chi connectivity index (χ2n) is 5.79.